The molecule has 2 rings (SSSR count). The number of rotatable bonds is 5. The van der Waals surface area contributed by atoms with Crippen LogP contribution < -0.4 is 4.72 Å². The van der Waals surface area contributed by atoms with Crippen molar-refractivity contribution in [3.63, 3.8) is 0 Å². The summed E-state index contributed by atoms with van der Waals surface area (Å²) in [6.07, 6.45) is 1.63. The number of aliphatic hydroxyl groups is 1. The molecule has 7 heteroatoms. The molecule has 0 aliphatic carbocycles. The summed E-state index contributed by atoms with van der Waals surface area (Å²) >= 11 is 1.39. The molecule has 0 fully saturated rings. The van der Waals surface area contributed by atoms with Crippen LogP contribution in [0.4, 0.5) is 0 Å². The van der Waals surface area contributed by atoms with Crippen LogP contribution in [0.15, 0.2) is 34.8 Å². The van der Waals surface area contributed by atoms with Gasteiger partial charge in [0, 0.05) is 17.6 Å². The Bertz CT molecular complexity index is 652. The molecule has 0 spiro atoms. The summed E-state index contributed by atoms with van der Waals surface area (Å²) in [5.41, 5.74) is 2.84. The SMILES string of the molecule is Cc1c(CO)cccc1S(=O)(=O)NCc1cncs1. The zero-order valence-electron chi connectivity index (χ0n) is 10.3. The standard InChI is InChI=1S/C12H14N2O3S2/c1-9-10(7-15)3-2-4-12(9)19(16,17)14-6-11-5-13-8-18-11/h2-5,8,14-15H,6-7H2,1H3. The number of aromatic nitrogens is 1. The van der Waals surface area contributed by atoms with Crippen LogP contribution in [0.2, 0.25) is 0 Å². The van der Waals surface area contributed by atoms with Crippen LogP contribution >= 0.6 is 11.3 Å². The molecule has 0 bridgehead atoms. The number of benzene rings is 1. The summed E-state index contributed by atoms with van der Waals surface area (Å²) in [7, 11) is -3.58. The maximum absolute atomic E-state index is 12.2. The van der Waals surface area contributed by atoms with Crippen LogP contribution in [0.3, 0.4) is 0 Å². The normalized spacial score (nSPS) is 11.7. The van der Waals surface area contributed by atoms with E-state index in [1.165, 1.54) is 17.4 Å². The first-order valence-corrected chi connectivity index (χ1v) is 7.97. The fraction of sp³-hybridized carbons (Fsp3) is 0.250. The lowest BCUT2D eigenvalue weighted by molar-refractivity contribution is 0.280. The van der Waals surface area contributed by atoms with E-state index in [2.05, 4.69) is 9.71 Å². The van der Waals surface area contributed by atoms with Gasteiger partial charge in [-0.2, -0.15) is 0 Å². The Morgan fingerprint density at radius 1 is 1.42 bits per heavy atom. The monoisotopic (exact) mass is 298 g/mol. The van der Waals surface area contributed by atoms with Crippen LogP contribution in [0.5, 0.6) is 0 Å². The lowest BCUT2D eigenvalue weighted by Gasteiger charge is -2.11. The lowest BCUT2D eigenvalue weighted by Crippen LogP contribution is -2.24. The van der Waals surface area contributed by atoms with Crippen molar-refractivity contribution < 1.29 is 13.5 Å². The number of aliphatic hydroxyl groups excluding tert-OH is 1. The topological polar surface area (TPSA) is 79.3 Å². The summed E-state index contributed by atoms with van der Waals surface area (Å²) in [6, 6.07) is 4.86. The molecule has 1 aromatic heterocycles. The predicted molar refractivity (Wildman–Crippen MR) is 73.2 cm³/mol. The van der Waals surface area contributed by atoms with Gasteiger partial charge in [-0.25, -0.2) is 13.1 Å². The van der Waals surface area contributed by atoms with Crippen molar-refractivity contribution in [1.29, 1.82) is 0 Å². The largest absolute Gasteiger partial charge is 0.392 e. The van der Waals surface area contributed by atoms with Gasteiger partial charge >= 0.3 is 0 Å². The van der Waals surface area contributed by atoms with Crippen molar-refractivity contribution in [1.82, 2.24) is 9.71 Å². The molecule has 2 N–H and O–H groups in total. The van der Waals surface area contributed by atoms with Crippen molar-refractivity contribution in [3.05, 3.63) is 45.9 Å². The third-order valence-electron chi connectivity index (χ3n) is 2.78. The fourth-order valence-electron chi connectivity index (χ4n) is 1.70. The van der Waals surface area contributed by atoms with Crippen molar-refractivity contribution in [2.75, 3.05) is 0 Å². The van der Waals surface area contributed by atoms with E-state index < -0.39 is 10.0 Å². The summed E-state index contributed by atoms with van der Waals surface area (Å²) < 4.78 is 26.9. The number of thiazole rings is 1. The maximum atomic E-state index is 12.2. The van der Waals surface area contributed by atoms with Gasteiger partial charge in [-0.05, 0) is 24.1 Å². The molecule has 19 heavy (non-hydrogen) atoms. The van der Waals surface area contributed by atoms with Gasteiger partial charge < -0.3 is 5.11 Å². The van der Waals surface area contributed by atoms with Gasteiger partial charge in [0.15, 0.2) is 0 Å². The van der Waals surface area contributed by atoms with Crippen molar-refractivity contribution in [3.8, 4) is 0 Å². The van der Waals surface area contributed by atoms with Crippen LogP contribution in [-0.2, 0) is 23.2 Å². The van der Waals surface area contributed by atoms with Crippen LogP contribution in [-0.4, -0.2) is 18.5 Å². The average Bonchev–Trinajstić information content (AvgIpc) is 2.90. The summed E-state index contributed by atoms with van der Waals surface area (Å²) in [5, 5.41) is 9.17. The molecule has 1 heterocycles. The Balaban J connectivity index is 2.24. The summed E-state index contributed by atoms with van der Waals surface area (Å²) in [5.74, 6) is 0. The van der Waals surface area contributed by atoms with Crippen molar-refractivity contribution >= 4 is 21.4 Å². The third-order valence-corrected chi connectivity index (χ3v) is 5.10. The minimum atomic E-state index is -3.58. The van der Waals surface area contributed by atoms with E-state index in [9.17, 15) is 8.42 Å². The third kappa shape index (κ3) is 3.19. The molecule has 1 aromatic carbocycles. The minimum Gasteiger partial charge on any atom is -0.392 e. The van der Waals surface area contributed by atoms with Crippen molar-refractivity contribution in [2.24, 2.45) is 0 Å². The second kappa shape index (κ2) is 5.79. The first kappa shape index (κ1) is 14.1. The van der Waals surface area contributed by atoms with E-state index in [0.29, 0.717) is 11.1 Å². The maximum Gasteiger partial charge on any atom is 0.241 e. The van der Waals surface area contributed by atoms with Crippen molar-refractivity contribution in [2.45, 2.75) is 25.0 Å². The molecule has 102 valence electrons. The first-order chi connectivity index (χ1) is 9.04. The van der Waals surface area contributed by atoms with Gasteiger partial charge in [-0.15, -0.1) is 11.3 Å². The molecular weight excluding hydrogens is 284 g/mol. The Labute approximate surface area is 116 Å². The summed E-state index contributed by atoms with van der Waals surface area (Å²) in [6.45, 7) is 1.73. The minimum absolute atomic E-state index is 0.177. The quantitative estimate of drug-likeness (QED) is 0.875. The second-order valence-corrected chi connectivity index (χ2v) is 6.70. The lowest BCUT2D eigenvalue weighted by atomic mass is 10.1. The Morgan fingerprint density at radius 3 is 2.84 bits per heavy atom. The van der Waals surface area contributed by atoms with Gasteiger partial charge in [-0.1, -0.05) is 12.1 Å². The number of sulfonamides is 1. The van der Waals surface area contributed by atoms with E-state index in [0.717, 1.165) is 4.88 Å². The smallest absolute Gasteiger partial charge is 0.241 e. The van der Waals surface area contributed by atoms with E-state index in [4.69, 9.17) is 5.11 Å². The molecule has 5 nitrogen and oxygen atoms in total. The fourth-order valence-corrected chi connectivity index (χ4v) is 3.61. The van der Waals surface area contributed by atoms with Gasteiger partial charge in [0.25, 0.3) is 0 Å². The predicted octanol–water partition coefficient (Wildman–Crippen LogP) is 1.42. The molecule has 2 aromatic rings. The van der Waals surface area contributed by atoms with E-state index in [1.807, 2.05) is 0 Å². The molecule has 0 saturated carbocycles. The Morgan fingerprint density at radius 2 is 2.21 bits per heavy atom. The number of hydrogen-bond donors (Lipinski definition) is 2. The molecule has 0 amide bonds. The Kier molecular flexibility index (Phi) is 4.31. The van der Waals surface area contributed by atoms with Crippen LogP contribution in [0.1, 0.15) is 16.0 Å². The van der Waals surface area contributed by atoms with Gasteiger partial charge in [0.2, 0.25) is 10.0 Å². The second-order valence-electron chi connectivity index (χ2n) is 3.99. The molecule has 0 saturated heterocycles. The van der Waals surface area contributed by atoms with Gasteiger partial charge in [0.1, 0.15) is 0 Å². The highest BCUT2D eigenvalue weighted by Crippen LogP contribution is 2.19. The van der Waals surface area contributed by atoms with Gasteiger partial charge in [-0.3, -0.25) is 4.98 Å². The molecule has 0 radical (unpaired) electrons. The first-order valence-electron chi connectivity index (χ1n) is 5.61. The van der Waals surface area contributed by atoms with E-state index in [-0.39, 0.29) is 18.0 Å². The highest BCUT2D eigenvalue weighted by atomic mass is 32.2. The highest BCUT2D eigenvalue weighted by molar-refractivity contribution is 7.89. The molecule has 0 unspecified atom stereocenters. The Hall–Kier alpha value is -1.28. The molecule has 0 atom stereocenters. The molecule has 0 aliphatic rings. The number of nitrogens with zero attached hydrogens (tertiary/aromatic N) is 1. The van der Waals surface area contributed by atoms with E-state index >= 15 is 0 Å². The summed E-state index contributed by atoms with van der Waals surface area (Å²) in [4.78, 5) is 4.94. The molecule has 0 aliphatic heterocycles. The molecular formula is C12H14N2O3S2. The van der Waals surface area contributed by atoms with Gasteiger partial charge in [0.05, 0.1) is 17.0 Å². The number of hydrogen-bond acceptors (Lipinski definition) is 5. The van der Waals surface area contributed by atoms with Crippen LogP contribution in [0.25, 0.3) is 0 Å². The zero-order chi connectivity index (χ0) is 13.9. The number of nitrogens with one attached hydrogen (secondary N) is 1. The average molecular weight is 298 g/mol. The van der Waals surface area contributed by atoms with E-state index in [1.54, 1.807) is 30.8 Å². The zero-order valence-corrected chi connectivity index (χ0v) is 12.0. The highest BCUT2D eigenvalue weighted by Gasteiger charge is 2.18. The van der Waals surface area contributed by atoms with Crippen LogP contribution in [0, 0.1) is 6.92 Å².